The molecule has 0 aliphatic carbocycles. The fourth-order valence-corrected chi connectivity index (χ4v) is 2.59. The Hall–Kier alpha value is -1.65. The Morgan fingerprint density at radius 3 is 2.70 bits per heavy atom. The molecular weight excluding hydrogens is 318 g/mol. The number of hydrogen-bond acceptors (Lipinski definition) is 2. The highest BCUT2D eigenvalue weighted by atomic mass is 79.9. The molecule has 20 heavy (non-hydrogen) atoms. The lowest BCUT2D eigenvalue weighted by molar-refractivity contribution is 0.102. The summed E-state index contributed by atoms with van der Waals surface area (Å²) in [5, 5.41) is 2.93. The van der Waals surface area contributed by atoms with E-state index in [2.05, 4.69) is 21.2 Å². The third-order valence-electron chi connectivity index (χ3n) is 2.87. The summed E-state index contributed by atoms with van der Waals surface area (Å²) in [6, 6.07) is 13.3. The Morgan fingerprint density at radius 1 is 1.25 bits per heavy atom. The smallest absolute Gasteiger partial charge is 0.255 e. The highest BCUT2D eigenvalue weighted by molar-refractivity contribution is 9.10. The van der Waals surface area contributed by atoms with Crippen LogP contribution in [0.25, 0.3) is 0 Å². The predicted octanol–water partition coefficient (Wildman–Crippen LogP) is 4.16. The van der Waals surface area contributed by atoms with Crippen molar-refractivity contribution in [2.75, 3.05) is 12.4 Å². The zero-order valence-corrected chi connectivity index (χ0v) is 13.0. The number of rotatable bonds is 4. The summed E-state index contributed by atoms with van der Waals surface area (Å²) in [7, 11) is 1.64. The number of benzene rings is 2. The van der Waals surface area contributed by atoms with Crippen LogP contribution in [0.2, 0.25) is 0 Å². The van der Waals surface area contributed by atoms with Gasteiger partial charge in [-0.25, -0.2) is 0 Å². The average molecular weight is 334 g/mol. The van der Waals surface area contributed by atoms with Crippen molar-refractivity contribution >= 4 is 27.5 Å². The van der Waals surface area contributed by atoms with E-state index in [1.54, 1.807) is 13.2 Å². The number of methoxy groups -OCH3 is 1. The summed E-state index contributed by atoms with van der Waals surface area (Å²) in [5.74, 6) is -0.127. The van der Waals surface area contributed by atoms with Crippen LogP contribution in [0.15, 0.2) is 46.9 Å². The molecule has 2 aromatic carbocycles. The molecule has 3 nitrogen and oxygen atoms in total. The van der Waals surface area contributed by atoms with Gasteiger partial charge in [-0.15, -0.1) is 0 Å². The summed E-state index contributed by atoms with van der Waals surface area (Å²) in [6.07, 6.45) is 0. The summed E-state index contributed by atoms with van der Waals surface area (Å²) >= 11 is 3.41. The number of amides is 1. The monoisotopic (exact) mass is 333 g/mol. The molecule has 0 aromatic heterocycles. The number of ether oxygens (including phenoxy) is 1. The van der Waals surface area contributed by atoms with E-state index in [1.807, 2.05) is 43.3 Å². The third-order valence-corrected chi connectivity index (χ3v) is 3.33. The number of nitrogens with one attached hydrogen (secondary N) is 1. The van der Waals surface area contributed by atoms with Crippen LogP contribution in [0.5, 0.6) is 0 Å². The van der Waals surface area contributed by atoms with E-state index in [1.165, 1.54) is 0 Å². The zero-order valence-electron chi connectivity index (χ0n) is 11.4. The molecule has 2 aromatic rings. The molecule has 1 N–H and O–H groups in total. The van der Waals surface area contributed by atoms with Crippen molar-refractivity contribution in [3.63, 3.8) is 0 Å². The third kappa shape index (κ3) is 3.68. The van der Waals surface area contributed by atoms with Gasteiger partial charge in [-0.1, -0.05) is 34.1 Å². The van der Waals surface area contributed by atoms with E-state index in [-0.39, 0.29) is 5.91 Å². The van der Waals surface area contributed by atoms with Gasteiger partial charge in [0.05, 0.1) is 6.61 Å². The molecule has 0 bridgehead atoms. The van der Waals surface area contributed by atoms with Crippen LogP contribution in [0.4, 0.5) is 5.69 Å². The molecule has 104 valence electrons. The van der Waals surface area contributed by atoms with Crippen molar-refractivity contribution in [3.8, 4) is 0 Å². The summed E-state index contributed by atoms with van der Waals surface area (Å²) in [5.41, 5.74) is 3.39. The molecule has 0 saturated heterocycles. The molecule has 0 unspecified atom stereocenters. The maximum atomic E-state index is 12.3. The van der Waals surface area contributed by atoms with Gasteiger partial charge < -0.3 is 10.1 Å². The summed E-state index contributed by atoms with van der Waals surface area (Å²) < 4.78 is 6.03. The summed E-state index contributed by atoms with van der Waals surface area (Å²) in [4.78, 5) is 12.3. The van der Waals surface area contributed by atoms with Gasteiger partial charge >= 0.3 is 0 Å². The fraction of sp³-hybridized carbons (Fsp3) is 0.188. The van der Waals surface area contributed by atoms with Crippen molar-refractivity contribution in [1.29, 1.82) is 0 Å². The second kappa shape index (κ2) is 6.68. The maximum Gasteiger partial charge on any atom is 0.255 e. The van der Waals surface area contributed by atoms with Gasteiger partial charge in [0.15, 0.2) is 0 Å². The van der Waals surface area contributed by atoms with Crippen LogP contribution in [-0.2, 0) is 11.3 Å². The lowest BCUT2D eigenvalue weighted by Crippen LogP contribution is -2.13. The molecule has 0 aliphatic rings. The van der Waals surface area contributed by atoms with Gasteiger partial charge in [0.25, 0.3) is 5.91 Å². The molecule has 2 rings (SSSR count). The number of anilines is 1. The highest BCUT2D eigenvalue weighted by Crippen LogP contribution is 2.19. The van der Waals surface area contributed by atoms with Gasteiger partial charge in [-0.2, -0.15) is 0 Å². The van der Waals surface area contributed by atoms with Gasteiger partial charge in [-0.05, 0) is 36.8 Å². The normalized spacial score (nSPS) is 10.3. The second-order valence-electron chi connectivity index (χ2n) is 4.56. The van der Waals surface area contributed by atoms with Crippen LogP contribution in [0, 0.1) is 6.92 Å². The van der Waals surface area contributed by atoms with Gasteiger partial charge in [0.1, 0.15) is 0 Å². The second-order valence-corrected chi connectivity index (χ2v) is 5.48. The van der Waals surface area contributed by atoms with Gasteiger partial charge in [-0.3, -0.25) is 4.79 Å². The first-order valence-electron chi connectivity index (χ1n) is 6.25. The molecule has 0 saturated carbocycles. The number of carbonyl (C=O) groups excluding carboxylic acids is 1. The lowest BCUT2D eigenvalue weighted by atomic mass is 10.1. The minimum Gasteiger partial charge on any atom is -0.380 e. The topological polar surface area (TPSA) is 38.3 Å². The number of carbonyl (C=O) groups is 1. The quantitative estimate of drug-likeness (QED) is 0.912. The Labute approximate surface area is 127 Å². The largest absolute Gasteiger partial charge is 0.380 e. The molecule has 1 amide bonds. The number of hydrogen-bond donors (Lipinski definition) is 1. The number of aryl methyl sites for hydroxylation is 1. The van der Waals surface area contributed by atoms with E-state index < -0.39 is 0 Å². The Bertz CT molecular complexity index is 605. The fourth-order valence-electron chi connectivity index (χ4n) is 1.99. The molecule has 0 aliphatic heterocycles. The standard InChI is InChI=1S/C16H16BrNO2/c1-11-7-13(9-14(17)8-11)16(19)18-15-6-4-3-5-12(15)10-20-2/h3-9H,10H2,1-2H3,(H,18,19). The van der Waals surface area contributed by atoms with Crippen molar-refractivity contribution in [1.82, 2.24) is 0 Å². The van der Waals surface area contributed by atoms with Crippen molar-refractivity contribution in [2.24, 2.45) is 0 Å². The maximum absolute atomic E-state index is 12.3. The SMILES string of the molecule is COCc1ccccc1NC(=O)c1cc(C)cc(Br)c1. The van der Waals surface area contributed by atoms with Gasteiger partial charge in [0.2, 0.25) is 0 Å². The summed E-state index contributed by atoms with van der Waals surface area (Å²) in [6.45, 7) is 2.42. The first-order valence-corrected chi connectivity index (χ1v) is 7.05. The van der Waals surface area contributed by atoms with Crippen molar-refractivity contribution in [3.05, 3.63) is 63.6 Å². The van der Waals surface area contributed by atoms with E-state index in [0.717, 1.165) is 21.3 Å². The lowest BCUT2D eigenvalue weighted by Gasteiger charge is -2.11. The van der Waals surface area contributed by atoms with Crippen LogP contribution in [0.3, 0.4) is 0 Å². The molecule has 0 atom stereocenters. The predicted molar refractivity (Wildman–Crippen MR) is 84.0 cm³/mol. The van der Waals surface area contributed by atoms with Crippen LogP contribution < -0.4 is 5.32 Å². The van der Waals surface area contributed by atoms with E-state index in [9.17, 15) is 4.79 Å². The van der Waals surface area contributed by atoms with Crippen LogP contribution in [0.1, 0.15) is 21.5 Å². The van der Waals surface area contributed by atoms with E-state index in [4.69, 9.17) is 4.74 Å². The molecular formula is C16H16BrNO2. The van der Waals surface area contributed by atoms with Crippen LogP contribution >= 0.6 is 15.9 Å². The molecule has 0 radical (unpaired) electrons. The van der Waals surface area contributed by atoms with Gasteiger partial charge in [0, 0.05) is 28.4 Å². The first kappa shape index (κ1) is 14.8. The Kier molecular flexibility index (Phi) is 4.93. The van der Waals surface area contributed by atoms with E-state index >= 15 is 0 Å². The Morgan fingerprint density at radius 2 is 2.00 bits per heavy atom. The molecule has 0 heterocycles. The highest BCUT2D eigenvalue weighted by Gasteiger charge is 2.10. The van der Waals surface area contributed by atoms with Crippen molar-refractivity contribution in [2.45, 2.75) is 13.5 Å². The average Bonchev–Trinajstić information content (AvgIpc) is 2.40. The van der Waals surface area contributed by atoms with Crippen molar-refractivity contribution < 1.29 is 9.53 Å². The number of para-hydroxylation sites is 1. The Balaban J connectivity index is 2.23. The zero-order chi connectivity index (χ0) is 14.5. The molecule has 0 fully saturated rings. The number of halogens is 1. The molecule has 4 heteroatoms. The first-order chi connectivity index (χ1) is 9.60. The van der Waals surface area contributed by atoms with E-state index in [0.29, 0.717) is 12.2 Å². The minimum absolute atomic E-state index is 0.127. The van der Waals surface area contributed by atoms with Crippen LogP contribution in [-0.4, -0.2) is 13.0 Å². The molecule has 0 spiro atoms. The minimum atomic E-state index is -0.127.